The summed E-state index contributed by atoms with van der Waals surface area (Å²) in [5, 5.41) is 0. The first-order valence-corrected chi connectivity index (χ1v) is 6.33. The molecule has 1 aliphatic rings. The molecule has 3 unspecified atom stereocenters. The first-order chi connectivity index (χ1) is 8.91. The van der Waals surface area contributed by atoms with E-state index in [1.165, 1.54) is 12.3 Å². The van der Waals surface area contributed by atoms with Crippen molar-refractivity contribution in [2.75, 3.05) is 0 Å². The van der Waals surface area contributed by atoms with E-state index in [4.69, 9.17) is 5.73 Å². The highest BCUT2D eigenvalue weighted by Gasteiger charge is 2.47. The van der Waals surface area contributed by atoms with Crippen LogP contribution in [0.1, 0.15) is 37.3 Å². The van der Waals surface area contributed by atoms with Crippen LogP contribution in [0.5, 0.6) is 0 Å². The summed E-state index contributed by atoms with van der Waals surface area (Å²) < 4.78 is 52.6. The van der Waals surface area contributed by atoms with Gasteiger partial charge in [-0.05, 0) is 24.8 Å². The van der Waals surface area contributed by atoms with Crippen molar-refractivity contribution in [3.8, 4) is 0 Å². The molecule has 0 bridgehead atoms. The lowest BCUT2D eigenvalue weighted by Crippen LogP contribution is -2.39. The number of nitrogens with zero attached hydrogens (tertiary/aromatic N) is 1. The molecule has 3 atom stereocenters. The van der Waals surface area contributed by atoms with E-state index in [0.717, 1.165) is 6.20 Å². The van der Waals surface area contributed by atoms with Gasteiger partial charge in [0.1, 0.15) is 5.82 Å². The molecule has 0 radical (unpaired) electrons. The van der Waals surface area contributed by atoms with E-state index < -0.39 is 29.9 Å². The van der Waals surface area contributed by atoms with Crippen molar-refractivity contribution in [1.82, 2.24) is 4.98 Å². The Balaban J connectivity index is 2.25. The summed E-state index contributed by atoms with van der Waals surface area (Å²) in [5.74, 6) is -2.84. The van der Waals surface area contributed by atoms with Gasteiger partial charge in [-0.2, -0.15) is 13.2 Å². The molecule has 1 heterocycles. The summed E-state index contributed by atoms with van der Waals surface area (Å²) >= 11 is 0. The monoisotopic (exact) mass is 276 g/mol. The molecule has 0 spiro atoms. The minimum absolute atomic E-state index is 0.0779. The summed E-state index contributed by atoms with van der Waals surface area (Å²) in [6, 6.07) is 0.428. The molecule has 106 valence electrons. The predicted molar refractivity (Wildman–Crippen MR) is 62.6 cm³/mol. The van der Waals surface area contributed by atoms with Gasteiger partial charge in [0, 0.05) is 17.8 Å². The van der Waals surface area contributed by atoms with E-state index in [0.29, 0.717) is 19.3 Å². The molecule has 1 saturated carbocycles. The van der Waals surface area contributed by atoms with Gasteiger partial charge in [0.15, 0.2) is 0 Å². The van der Waals surface area contributed by atoms with E-state index in [9.17, 15) is 17.6 Å². The van der Waals surface area contributed by atoms with Crippen LogP contribution < -0.4 is 5.73 Å². The van der Waals surface area contributed by atoms with Crippen LogP contribution in [0, 0.1) is 17.7 Å². The smallest absolute Gasteiger partial charge is 0.324 e. The summed E-state index contributed by atoms with van der Waals surface area (Å²) in [6.07, 6.45) is -0.220. The van der Waals surface area contributed by atoms with Gasteiger partial charge in [-0.1, -0.05) is 12.8 Å². The number of rotatable bonds is 2. The van der Waals surface area contributed by atoms with Gasteiger partial charge in [-0.3, -0.25) is 4.98 Å². The lowest BCUT2D eigenvalue weighted by molar-refractivity contribution is -0.198. The van der Waals surface area contributed by atoms with Crippen LogP contribution in [0.4, 0.5) is 17.6 Å². The Kier molecular flexibility index (Phi) is 4.08. The van der Waals surface area contributed by atoms with Crippen molar-refractivity contribution < 1.29 is 17.6 Å². The minimum atomic E-state index is -4.27. The zero-order chi connectivity index (χ0) is 14.0. The van der Waals surface area contributed by atoms with E-state index >= 15 is 0 Å². The normalized spacial score (nSPS) is 26.2. The van der Waals surface area contributed by atoms with Crippen LogP contribution in [0.25, 0.3) is 0 Å². The summed E-state index contributed by atoms with van der Waals surface area (Å²) in [4.78, 5) is 3.59. The third-order valence-electron chi connectivity index (χ3n) is 3.86. The number of nitrogens with two attached hydrogens (primary N) is 1. The van der Waals surface area contributed by atoms with Gasteiger partial charge < -0.3 is 5.73 Å². The van der Waals surface area contributed by atoms with Crippen molar-refractivity contribution in [3.63, 3.8) is 0 Å². The number of alkyl halides is 3. The van der Waals surface area contributed by atoms with Crippen LogP contribution in [0.15, 0.2) is 18.5 Å². The average molecular weight is 276 g/mol. The molecule has 6 heteroatoms. The fraction of sp³-hybridized carbons (Fsp3) is 0.615. The lowest BCUT2D eigenvalue weighted by Gasteiger charge is -2.36. The van der Waals surface area contributed by atoms with Crippen molar-refractivity contribution >= 4 is 0 Å². The second-order valence-electron chi connectivity index (χ2n) is 5.02. The molecular weight excluding hydrogens is 260 g/mol. The van der Waals surface area contributed by atoms with Gasteiger partial charge in [-0.15, -0.1) is 0 Å². The largest absolute Gasteiger partial charge is 0.392 e. The summed E-state index contributed by atoms with van der Waals surface area (Å²) in [5.41, 5.74) is 6.01. The second-order valence-corrected chi connectivity index (χ2v) is 5.02. The summed E-state index contributed by atoms with van der Waals surface area (Å²) in [7, 11) is 0. The van der Waals surface area contributed by atoms with E-state index in [1.807, 2.05) is 0 Å². The van der Waals surface area contributed by atoms with E-state index in [2.05, 4.69) is 4.98 Å². The van der Waals surface area contributed by atoms with Gasteiger partial charge in [0.2, 0.25) is 0 Å². The van der Waals surface area contributed by atoms with Gasteiger partial charge in [-0.25, -0.2) is 4.39 Å². The molecule has 0 aliphatic heterocycles. The topological polar surface area (TPSA) is 38.9 Å². The molecule has 0 saturated heterocycles. The Bertz CT molecular complexity index is 433. The first-order valence-electron chi connectivity index (χ1n) is 6.33. The quantitative estimate of drug-likeness (QED) is 0.838. The maximum Gasteiger partial charge on any atom is 0.392 e. The molecule has 1 aromatic heterocycles. The lowest BCUT2D eigenvalue weighted by atomic mass is 9.73. The molecule has 1 aliphatic carbocycles. The molecule has 1 fully saturated rings. The van der Waals surface area contributed by atoms with Crippen LogP contribution in [-0.4, -0.2) is 11.2 Å². The van der Waals surface area contributed by atoms with Crippen molar-refractivity contribution in [2.24, 2.45) is 17.6 Å². The Morgan fingerprint density at radius 2 is 1.95 bits per heavy atom. The van der Waals surface area contributed by atoms with E-state index in [-0.39, 0.29) is 12.0 Å². The van der Waals surface area contributed by atoms with E-state index in [1.54, 1.807) is 0 Å². The Morgan fingerprint density at radius 1 is 1.26 bits per heavy atom. The number of aromatic nitrogens is 1. The van der Waals surface area contributed by atoms with Gasteiger partial charge in [0.25, 0.3) is 0 Å². The molecule has 0 aromatic carbocycles. The summed E-state index contributed by atoms with van der Waals surface area (Å²) in [6.45, 7) is 0. The van der Waals surface area contributed by atoms with Gasteiger partial charge in [0.05, 0.1) is 12.1 Å². The Labute approximate surface area is 109 Å². The Morgan fingerprint density at radius 3 is 2.58 bits per heavy atom. The highest BCUT2D eigenvalue weighted by molar-refractivity contribution is 5.18. The van der Waals surface area contributed by atoms with Crippen LogP contribution in [0.3, 0.4) is 0 Å². The fourth-order valence-electron chi connectivity index (χ4n) is 2.88. The maximum atomic E-state index is 13.6. The molecule has 2 N–H and O–H groups in total. The fourth-order valence-corrected chi connectivity index (χ4v) is 2.88. The Hall–Kier alpha value is -1.17. The number of halogens is 4. The van der Waals surface area contributed by atoms with Crippen LogP contribution >= 0.6 is 0 Å². The average Bonchev–Trinajstić information content (AvgIpc) is 2.37. The standard InChI is InChI=1S/C13H16F4N2/c14-11-7-19-6-5-9(11)12(18)8-3-1-2-4-10(8)13(15,16)17/h5-8,10,12H,1-4,18H2. The molecule has 0 amide bonds. The molecular formula is C13H16F4N2. The van der Waals surface area contributed by atoms with Crippen LogP contribution in [0.2, 0.25) is 0 Å². The SMILES string of the molecule is NC(c1ccncc1F)C1CCCCC1C(F)(F)F. The van der Waals surface area contributed by atoms with Gasteiger partial charge >= 0.3 is 6.18 Å². The second kappa shape index (κ2) is 5.45. The third-order valence-corrected chi connectivity index (χ3v) is 3.86. The zero-order valence-corrected chi connectivity index (χ0v) is 10.3. The van der Waals surface area contributed by atoms with Crippen LogP contribution in [-0.2, 0) is 0 Å². The molecule has 1 aromatic rings. The third kappa shape index (κ3) is 3.05. The molecule has 19 heavy (non-hydrogen) atoms. The number of hydrogen-bond donors (Lipinski definition) is 1. The number of pyridine rings is 1. The number of hydrogen-bond acceptors (Lipinski definition) is 2. The van der Waals surface area contributed by atoms with Crippen molar-refractivity contribution in [1.29, 1.82) is 0 Å². The molecule has 2 nitrogen and oxygen atoms in total. The highest BCUT2D eigenvalue weighted by atomic mass is 19.4. The molecule has 2 rings (SSSR count). The predicted octanol–water partition coefficient (Wildman–Crippen LogP) is 3.59. The zero-order valence-electron chi connectivity index (χ0n) is 10.3. The van der Waals surface area contributed by atoms with Crippen molar-refractivity contribution in [2.45, 2.75) is 37.9 Å². The minimum Gasteiger partial charge on any atom is -0.324 e. The highest BCUT2D eigenvalue weighted by Crippen LogP contribution is 2.45. The maximum absolute atomic E-state index is 13.6. The van der Waals surface area contributed by atoms with Crippen molar-refractivity contribution in [3.05, 3.63) is 29.8 Å². The first kappa shape index (κ1) is 14.2.